The molecule has 1 N–H and O–H groups in total. The standard InChI is InChI=1S/C22H28N2O3/c1-4-24(5-2)22(25)17-7-6-8-19(14-17)27-15-21-20-10-9-18(26-3)13-16(20)11-12-23-21/h6-10,13-14,21,23H,4-5,11-12,15H2,1-3H3. The second kappa shape index (κ2) is 8.91. The number of ether oxygens (including phenoxy) is 2. The van der Waals surface area contributed by atoms with E-state index in [-0.39, 0.29) is 11.9 Å². The molecular weight excluding hydrogens is 340 g/mol. The molecule has 2 aromatic rings. The molecule has 0 bridgehead atoms. The molecule has 5 heteroatoms. The first-order valence-electron chi connectivity index (χ1n) is 9.58. The number of benzene rings is 2. The number of hydrogen-bond acceptors (Lipinski definition) is 4. The summed E-state index contributed by atoms with van der Waals surface area (Å²) in [6.45, 7) is 6.81. The number of fused-ring (bicyclic) bond motifs is 1. The predicted octanol–water partition coefficient (Wildman–Crippen LogP) is 3.44. The van der Waals surface area contributed by atoms with Crippen molar-refractivity contribution in [1.29, 1.82) is 0 Å². The van der Waals surface area contributed by atoms with Crippen LogP contribution < -0.4 is 14.8 Å². The van der Waals surface area contributed by atoms with Crippen molar-refractivity contribution < 1.29 is 14.3 Å². The molecule has 3 rings (SSSR count). The van der Waals surface area contributed by atoms with Gasteiger partial charge >= 0.3 is 0 Å². The van der Waals surface area contributed by atoms with Crippen molar-refractivity contribution in [3.63, 3.8) is 0 Å². The predicted molar refractivity (Wildman–Crippen MR) is 107 cm³/mol. The van der Waals surface area contributed by atoms with Crippen LogP contribution >= 0.6 is 0 Å². The number of nitrogens with zero attached hydrogens (tertiary/aromatic N) is 1. The van der Waals surface area contributed by atoms with Crippen LogP contribution in [-0.4, -0.2) is 44.2 Å². The second-order valence-electron chi connectivity index (χ2n) is 6.64. The lowest BCUT2D eigenvalue weighted by atomic mass is 9.94. The minimum Gasteiger partial charge on any atom is -0.497 e. The molecule has 0 fully saturated rings. The lowest BCUT2D eigenvalue weighted by Gasteiger charge is -2.27. The molecule has 2 aromatic carbocycles. The Hall–Kier alpha value is -2.53. The van der Waals surface area contributed by atoms with Crippen LogP contribution in [0.25, 0.3) is 0 Å². The first-order chi connectivity index (χ1) is 13.2. The number of methoxy groups -OCH3 is 1. The van der Waals surface area contributed by atoms with E-state index in [4.69, 9.17) is 9.47 Å². The Morgan fingerprint density at radius 3 is 2.70 bits per heavy atom. The number of amides is 1. The Balaban J connectivity index is 1.70. The molecule has 5 nitrogen and oxygen atoms in total. The lowest BCUT2D eigenvalue weighted by molar-refractivity contribution is 0.0772. The summed E-state index contributed by atoms with van der Waals surface area (Å²) in [6, 6.07) is 13.8. The quantitative estimate of drug-likeness (QED) is 0.813. The molecule has 144 valence electrons. The van der Waals surface area contributed by atoms with E-state index in [0.29, 0.717) is 25.3 Å². The van der Waals surface area contributed by atoms with Gasteiger partial charge in [-0.15, -0.1) is 0 Å². The van der Waals surface area contributed by atoms with Crippen molar-refractivity contribution in [2.24, 2.45) is 0 Å². The van der Waals surface area contributed by atoms with E-state index < -0.39 is 0 Å². The van der Waals surface area contributed by atoms with Gasteiger partial charge in [0.15, 0.2) is 0 Å². The summed E-state index contributed by atoms with van der Waals surface area (Å²) in [6.07, 6.45) is 0.983. The van der Waals surface area contributed by atoms with Gasteiger partial charge in [0.25, 0.3) is 5.91 Å². The zero-order valence-electron chi connectivity index (χ0n) is 16.3. The van der Waals surface area contributed by atoms with Gasteiger partial charge in [-0.1, -0.05) is 12.1 Å². The van der Waals surface area contributed by atoms with Crippen LogP contribution in [0.4, 0.5) is 0 Å². The number of rotatable bonds is 7. The molecule has 0 aliphatic carbocycles. The third-order valence-electron chi connectivity index (χ3n) is 5.06. The molecular formula is C22H28N2O3. The molecule has 0 saturated carbocycles. The van der Waals surface area contributed by atoms with E-state index in [1.165, 1.54) is 11.1 Å². The summed E-state index contributed by atoms with van der Waals surface area (Å²) in [5.74, 6) is 1.65. The van der Waals surface area contributed by atoms with Gasteiger partial charge in [0.1, 0.15) is 18.1 Å². The Kier molecular flexibility index (Phi) is 6.35. The lowest BCUT2D eigenvalue weighted by Crippen LogP contribution is -2.33. The fraction of sp³-hybridized carbons (Fsp3) is 0.409. The number of carbonyl (C=O) groups excluding carboxylic acids is 1. The van der Waals surface area contributed by atoms with Gasteiger partial charge < -0.3 is 19.7 Å². The van der Waals surface area contributed by atoms with Crippen molar-refractivity contribution in [3.8, 4) is 11.5 Å². The van der Waals surface area contributed by atoms with Crippen LogP contribution in [-0.2, 0) is 6.42 Å². The Morgan fingerprint density at radius 1 is 1.15 bits per heavy atom. The van der Waals surface area contributed by atoms with Gasteiger partial charge in [-0.25, -0.2) is 0 Å². The highest BCUT2D eigenvalue weighted by molar-refractivity contribution is 5.94. The fourth-order valence-electron chi connectivity index (χ4n) is 3.50. The van der Waals surface area contributed by atoms with Gasteiger partial charge in [0.2, 0.25) is 0 Å². The number of carbonyl (C=O) groups is 1. The van der Waals surface area contributed by atoms with E-state index in [1.807, 2.05) is 49.1 Å². The van der Waals surface area contributed by atoms with E-state index in [1.54, 1.807) is 7.11 Å². The molecule has 1 aliphatic heterocycles. The van der Waals surface area contributed by atoms with Gasteiger partial charge in [0, 0.05) is 18.7 Å². The van der Waals surface area contributed by atoms with Gasteiger partial charge in [-0.3, -0.25) is 4.79 Å². The van der Waals surface area contributed by atoms with E-state index in [2.05, 4.69) is 17.4 Å². The van der Waals surface area contributed by atoms with Crippen LogP contribution in [0.2, 0.25) is 0 Å². The van der Waals surface area contributed by atoms with E-state index >= 15 is 0 Å². The topological polar surface area (TPSA) is 50.8 Å². The van der Waals surface area contributed by atoms with Crippen molar-refractivity contribution in [2.45, 2.75) is 26.3 Å². The van der Waals surface area contributed by atoms with Crippen molar-refractivity contribution >= 4 is 5.91 Å². The Labute approximate surface area is 161 Å². The molecule has 1 amide bonds. The Morgan fingerprint density at radius 2 is 1.96 bits per heavy atom. The zero-order valence-corrected chi connectivity index (χ0v) is 16.3. The number of nitrogens with one attached hydrogen (secondary N) is 1. The number of hydrogen-bond donors (Lipinski definition) is 1. The monoisotopic (exact) mass is 368 g/mol. The largest absolute Gasteiger partial charge is 0.497 e. The third kappa shape index (κ3) is 4.42. The summed E-state index contributed by atoms with van der Waals surface area (Å²) in [5, 5.41) is 3.52. The molecule has 1 unspecified atom stereocenters. The minimum absolute atomic E-state index is 0.0404. The molecule has 1 heterocycles. The van der Waals surface area contributed by atoms with Crippen LogP contribution in [0.5, 0.6) is 11.5 Å². The van der Waals surface area contributed by atoms with E-state index in [9.17, 15) is 4.79 Å². The molecule has 0 spiro atoms. The highest BCUT2D eigenvalue weighted by atomic mass is 16.5. The van der Waals surface area contributed by atoms with Gasteiger partial charge in [-0.2, -0.15) is 0 Å². The summed E-state index contributed by atoms with van der Waals surface area (Å²) in [5.41, 5.74) is 3.21. The van der Waals surface area contributed by atoms with Crippen molar-refractivity contribution in [1.82, 2.24) is 10.2 Å². The average Bonchev–Trinajstić information content (AvgIpc) is 2.72. The van der Waals surface area contributed by atoms with Crippen LogP contribution in [0.15, 0.2) is 42.5 Å². The van der Waals surface area contributed by atoms with Crippen LogP contribution in [0, 0.1) is 0 Å². The zero-order chi connectivity index (χ0) is 19.2. The maximum atomic E-state index is 12.5. The smallest absolute Gasteiger partial charge is 0.253 e. The van der Waals surface area contributed by atoms with Crippen molar-refractivity contribution in [2.75, 3.05) is 33.4 Å². The molecule has 0 aromatic heterocycles. The van der Waals surface area contributed by atoms with Crippen molar-refractivity contribution in [3.05, 3.63) is 59.2 Å². The SMILES string of the molecule is CCN(CC)C(=O)c1cccc(OCC2NCCc3cc(OC)ccc32)c1. The molecule has 0 saturated heterocycles. The van der Waals surface area contributed by atoms with Gasteiger partial charge in [0.05, 0.1) is 13.2 Å². The maximum absolute atomic E-state index is 12.5. The highest BCUT2D eigenvalue weighted by Crippen LogP contribution is 2.27. The first kappa shape index (κ1) is 19.2. The summed E-state index contributed by atoms with van der Waals surface area (Å²) in [4.78, 5) is 14.3. The first-order valence-corrected chi connectivity index (χ1v) is 9.58. The summed E-state index contributed by atoms with van der Waals surface area (Å²) >= 11 is 0. The Bertz CT molecular complexity index is 787. The van der Waals surface area contributed by atoms with Crippen LogP contribution in [0.1, 0.15) is 41.4 Å². The maximum Gasteiger partial charge on any atom is 0.253 e. The molecule has 1 aliphatic rings. The molecule has 1 atom stereocenters. The van der Waals surface area contributed by atoms with Crippen LogP contribution in [0.3, 0.4) is 0 Å². The summed E-state index contributed by atoms with van der Waals surface area (Å²) < 4.78 is 11.4. The van der Waals surface area contributed by atoms with Gasteiger partial charge in [-0.05, 0) is 68.3 Å². The average molecular weight is 368 g/mol. The second-order valence-corrected chi connectivity index (χ2v) is 6.64. The molecule has 27 heavy (non-hydrogen) atoms. The highest BCUT2D eigenvalue weighted by Gasteiger charge is 2.21. The van der Waals surface area contributed by atoms with E-state index in [0.717, 1.165) is 24.5 Å². The fourth-order valence-corrected chi connectivity index (χ4v) is 3.50. The normalized spacial score (nSPS) is 15.7. The molecule has 0 radical (unpaired) electrons. The summed E-state index contributed by atoms with van der Waals surface area (Å²) in [7, 11) is 1.69. The minimum atomic E-state index is 0.0404. The third-order valence-corrected chi connectivity index (χ3v) is 5.06.